The Kier molecular flexibility index (Phi) is 16.1. The minimum absolute atomic E-state index is 0.0498. The highest BCUT2D eigenvalue weighted by atomic mass is 16.1. The Morgan fingerprint density at radius 2 is 1.37 bits per heavy atom. The molecular weight excluding hydrogens is 236 g/mol. The molecule has 0 fully saturated rings. The van der Waals surface area contributed by atoms with Crippen LogP contribution in [0.2, 0.25) is 0 Å². The predicted molar refractivity (Wildman–Crippen MR) is 86.5 cm³/mol. The first-order valence-corrected chi connectivity index (χ1v) is 7.75. The average molecular weight is 268 g/mol. The molecule has 112 valence electrons. The van der Waals surface area contributed by atoms with Crippen LogP contribution in [0.3, 0.4) is 0 Å². The summed E-state index contributed by atoms with van der Waals surface area (Å²) in [6, 6.07) is 0. The van der Waals surface area contributed by atoms with Crippen LogP contribution in [0.1, 0.15) is 80.1 Å². The predicted octanol–water partition coefficient (Wildman–Crippen LogP) is 4.84. The molecule has 2 heterocycles. The molecule has 0 spiro atoms. The molecule has 0 unspecified atom stereocenters. The van der Waals surface area contributed by atoms with Crippen LogP contribution in [0, 0.1) is 0 Å². The molecule has 0 aliphatic carbocycles. The summed E-state index contributed by atoms with van der Waals surface area (Å²) in [5, 5.41) is 0. The van der Waals surface area contributed by atoms with Crippen molar-refractivity contribution in [2.75, 3.05) is 6.54 Å². The molecule has 0 aromatic rings. The van der Waals surface area contributed by atoms with Gasteiger partial charge in [-0.25, -0.2) is 4.99 Å². The van der Waals surface area contributed by atoms with Crippen LogP contribution in [0.5, 0.6) is 0 Å². The van der Waals surface area contributed by atoms with Crippen molar-refractivity contribution in [1.29, 1.82) is 0 Å². The Morgan fingerprint density at radius 1 is 0.789 bits per heavy atom. The van der Waals surface area contributed by atoms with E-state index in [1.807, 2.05) is 34.6 Å². The van der Waals surface area contributed by atoms with E-state index in [9.17, 15) is 4.79 Å². The van der Waals surface area contributed by atoms with Crippen molar-refractivity contribution in [2.45, 2.75) is 80.1 Å². The third-order valence-corrected chi connectivity index (χ3v) is 2.57. The summed E-state index contributed by atoms with van der Waals surface area (Å²) in [5.41, 5.74) is 2.33. The minimum atomic E-state index is 0.0498. The van der Waals surface area contributed by atoms with Crippen molar-refractivity contribution >= 4 is 17.3 Å². The van der Waals surface area contributed by atoms with Crippen LogP contribution < -0.4 is 0 Å². The van der Waals surface area contributed by atoms with E-state index in [1.165, 1.54) is 25.0 Å². The lowest BCUT2D eigenvalue weighted by molar-refractivity contribution is -0.118. The van der Waals surface area contributed by atoms with Gasteiger partial charge >= 0.3 is 0 Å². The normalized spacial score (nSPS) is 17.3. The van der Waals surface area contributed by atoms with Crippen molar-refractivity contribution in [3.8, 4) is 0 Å². The zero-order valence-electron chi connectivity index (χ0n) is 13.8. The second-order valence-electron chi connectivity index (χ2n) is 4.17. The van der Waals surface area contributed by atoms with Crippen molar-refractivity contribution in [2.24, 2.45) is 9.98 Å². The van der Waals surface area contributed by atoms with Crippen LogP contribution in [-0.4, -0.2) is 23.9 Å². The lowest BCUT2D eigenvalue weighted by atomic mass is 10.1. The van der Waals surface area contributed by atoms with Crippen LogP contribution in [-0.2, 0) is 4.79 Å². The van der Waals surface area contributed by atoms with E-state index in [0.717, 1.165) is 25.1 Å². The molecule has 0 saturated heterocycles. The maximum absolute atomic E-state index is 10.5. The Morgan fingerprint density at radius 3 is 1.63 bits per heavy atom. The van der Waals surface area contributed by atoms with Gasteiger partial charge in [0, 0.05) is 24.4 Å². The summed E-state index contributed by atoms with van der Waals surface area (Å²) in [5.74, 6) is 0.0498. The molecular formula is C16H32N2O. The summed E-state index contributed by atoms with van der Waals surface area (Å²) in [6.07, 6.45) is 6.55. The van der Waals surface area contributed by atoms with E-state index in [0.29, 0.717) is 6.42 Å². The molecule has 2 aliphatic rings. The van der Waals surface area contributed by atoms with Crippen LogP contribution in [0.4, 0.5) is 0 Å². The number of nitrogens with zero attached hydrogens (tertiary/aromatic N) is 2. The third-order valence-electron chi connectivity index (χ3n) is 2.57. The molecule has 0 N–H and O–H groups in total. The first-order chi connectivity index (χ1) is 9.18. The topological polar surface area (TPSA) is 41.8 Å². The number of rotatable bonds is 0. The van der Waals surface area contributed by atoms with Gasteiger partial charge in [-0.3, -0.25) is 9.79 Å². The Labute approximate surface area is 119 Å². The molecule has 0 aromatic carbocycles. The maximum Gasteiger partial charge on any atom is 0.245 e. The fourth-order valence-electron chi connectivity index (χ4n) is 1.66. The molecule has 3 heteroatoms. The summed E-state index contributed by atoms with van der Waals surface area (Å²) in [6.45, 7) is 13.1. The summed E-state index contributed by atoms with van der Waals surface area (Å²) in [4.78, 5) is 18.5. The first kappa shape index (κ1) is 20.3. The van der Waals surface area contributed by atoms with Gasteiger partial charge in [0.15, 0.2) is 0 Å². The molecule has 2 aliphatic heterocycles. The second kappa shape index (κ2) is 15.1. The molecule has 0 atom stereocenters. The highest BCUT2D eigenvalue weighted by molar-refractivity contribution is 5.96. The average Bonchev–Trinajstić information content (AvgIpc) is 2.44. The second-order valence-corrected chi connectivity index (χ2v) is 4.17. The van der Waals surface area contributed by atoms with Gasteiger partial charge in [-0.05, 0) is 46.0 Å². The third kappa shape index (κ3) is 13.2. The van der Waals surface area contributed by atoms with Gasteiger partial charge in [0.1, 0.15) is 0 Å². The fourth-order valence-corrected chi connectivity index (χ4v) is 1.66. The molecule has 0 saturated carbocycles. The van der Waals surface area contributed by atoms with E-state index in [4.69, 9.17) is 0 Å². The van der Waals surface area contributed by atoms with E-state index < -0.39 is 0 Å². The lowest BCUT2D eigenvalue weighted by Crippen LogP contribution is -2.06. The minimum Gasteiger partial charge on any atom is -0.294 e. The number of aliphatic imine (C=N–C) groups is 2. The van der Waals surface area contributed by atoms with E-state index in [1.54, 1.807) is 0 Å². The highest BCUT2D eigenvalue weighted by Crippen LogP contribution is 2.06. The summed E-state index contributed by atoms with van der Waals surface area (Å²) >= 11 is 0. The number of carbonyl (C=O) groups excluding carboxylic acids is 1. The molecule has 0 bridgehead atoms. The van der Waals surface area contributed by atoms with Gasteiger partial charge < -0.3 is 0 Å². The molecule has 19 heavy (non-hydrogen) atoms. The SMILES string of the molecule is CC.CC.CC1=NC(=O)CCC1.CC1=NCCCC1. The van der Waals surface area contributed by atoms with Crippen molar-refractivity contribution in [3.63, 3.8) is 0 Å². The first-order valence-electron chi connectivity index (χ1n) is 7.75. The van der Waals surface area contributed by atoms with E-state index >= 15 is 0 Å². The van der Waals surface area contributed by atoms with Gasteiger partial charge in [-0.1, -0.05) is 27.7 Å². The largest absolute Gasteiger partial charge is 0.294 e. The fraction of sp³-hybridized carbons (Fsp3) is 0.812. The Bertz CT molecular complexity index is 280. The molecule has 0 radical (unpaired) electrons. The molecule has 3 nitrogen and oxygen atoms in total. The number of amides is 1. The Balaban J connectivity index is 0. The van der Waals surface area contributed by atoms with E-state index in [-0.39, 0.29) is 5.91 Å². The number of hydrogen-bond acceptors (Lipinski definition) is 2. The number of carbonyl (C=O) groups is 1. The van der Waals surface area contributed by atoms with Crippen molar-refractivity contribution in [1.82, 2.24) is 0 Å². The summed E-state index contributed by atoms with van der Waals surface area (Å²) in [7, 11) is 0. The molecule has 0 aromatic heterocycles. The molecule has 1 amide bonds. The standard InChI is InChI=1S/C6H9NO.C6H11N.2C2H6/c1-5-3-2-4-6(8)7-5;1-6-4-2-3-5-7-6;2*1-2/h2-4H2,1H3;2-5H2,1H3;2*1-2H3. The van der Waals surface area contributed by atoms with Gasteiger partial charge in [0.2, 0.25) is 5.91 Å². The van der Waals surface area contributed by atoms with Crippen LogP contribution in [0.25, 0.3) is 0 Å². The van der Waals surface area contributed by atoms with Gasteiger partial charge in [-0.15, -0.1) is 0 Å². The summed E-state index contributed by atoms with van der Waals surface area (Å²) < 4.78 is 0. The smallest absolute Gasteiger partial charge is 0.245 e. The highest BCUT2D eigenvalue weighted by Gasteiger charge is 2.06. The number of hydrogen-bond donors (Lipinski definition) is 0. The Hall–Kier alpha value is -0.990. The van der Waals surface area contributed by atoms with Gasteiger partial charge in [0.25, 0.3) is 0 Å². The van der Waals surface area contributed by atoms with E-state index in [2.05, 4.69) is 16.9 Å². The molecule has 2 rings (SSSR count). The van der Waals surface area contributed by atoms with Crippen molar-refractivity contribution in [3.05, 3.63) is 0 Å². The van der Waals surface area contributed by atoms with Crippen LogP contribution >= 0.6 is 0 Å². The lowest BCUT2D eigenvalue weighted by Gasteiger charge is -2.04. The maximum atomic E-state index is 10.5. The van der Waals surface area contributed by atoms with Crippen LogP contribution in [0.15, 0.2) is 9.98 Å². The van der Waals surface area contributed by atoms with Gasteiger partial charge in [0.05, 0.1) is 0 Å². The zero-order valence-corrected chi connectivity index (χ0v) is 13.8. The van der Waals surface area contributed by atoms with Crippen molar-refractivity contribution < 1.29 is 4.79 Å². The van der Waals surface area contributed by atoms with Gasteiger partial charge in [-0.2, -0.15) is 0 Å². The zero-order chi connectivity index (χ0) is 15.1. The quantitative estimate of drug-likeness (QED) is 0.619. The monoisotopic (exact) mass is 268 g/mol.